The number of amides is 1. The number of carbonyl (C=O) groups is 2. The zero-order valence-corrected chi connectivity index (χ0v) is 11.2. The molecule has 1 aromatic rings. The Morgan fingerprint density at radius 2 is 1.52 bits per heavy atom. The Bertz CT molecular complexity index is 563. The number of carbonyl (C=O) groups excluding carboxylic acids is 2. The Morgan fingerprint density at radius 1 is 1.05 bits per heavy atom. The van der Waals surface area contributed by atoms with Crippen molar-refractivity contribution in [2.45, 2.75) is 20.3 Å². The largest absolute Gasteiger partial charge is 0.394 e. The van der Waals surface area contributed by atoms with Gasteiger partial charge in [0.2, 0.25) is 0 Å². The number of nitrogen functional groups attached to an aromatic ring is 1. The Balaban J connectivity index is 3.23. The molecule has 0 aliphatic rings. The van der Waals surface area contributed by atoms with E-state index in [1.165, 1.54) is 13.8 Å². The normalized spacial score (nSPS) is 10.4. The summed E-state index contributed by atoms with van der Waals surface area (Å²) < 4.78 is 53.5. The van der Waals surface area contributed by atoms with Gasteiger partial charge in [-0.15, -0.1) is 0 Å². The summed E-state index contributed by atoms with van der Waals surface area (Å²) in [6, 6.07) is 0. The first-order valence-electron chi connectivity index (χ1n) is 5.90. The van der Waals surface area contributed by atoms with Crippen molar-refractivity contribution in [2.75, 3.05) is 12.3 Å². The SMILES string of the molecule is CCC(=O)N(CC)OC(=O)c1c(F)c(F)c(N)c(F)c1F. The Hall–Kier alpha value is -2.32. The van der Waals surface area contributed by atoms with Gasteiger partial charge in [-0.3, -0.25) is 4.79 Å². The number of rotatable bonds is 3. The van der Waals surface area contributed by atoms with Gasteiger partial charge in [-0.25, -0.2) is 22.4 Å². The van der Waals surface area contributed by atoms with Gasteiger partial charge in [0.15, 0.2) is 23.3 Å². The van der Waals surface area contributed by atoms with Gasteiger partial charge in [0.05, 0.1) is 6.54 Å². The van der Waals surface area contributed by atoms with Crippen LogP contribution in [0.15, 0.2) is 0 Å². The smallest absolute Gasteiger partial charge is 0.369 e. The molecule has 0 aliphatic carbocycles. The minimum Gasteiger partial charge on any atom is -0.394 e. The molecule has 0 heterocycles. The Morgan fingerprint density at radius 3 is 1.90 bits per heavy atom. The Labute approximate surface area is 117 Å². The van der Waals surface area contributed by atoms with E-state index in [9.17, 15) is 27.2 Å². The summed E-state index contributed by atoms with van der Waals surface area (Å²) >= 11 is 0. The van der Waals surface area contributed by atoms with E-state index in [2.05, 4.69) is 4.84 Å². The van der Waals surface area contributed by atoms with E-state index in [1.807, 2.05) is 0 Å². The molecule has 2 N–H and O–H groups in total. The predicted molar refractivity (Wildman–Crippen MR) is 63.8 cm³/mol. The average molecular weight is 308 g/mol. The summed E-state index contributed by atoms with van der Waals surface area (Å²) in [7, 11) is 0. The van der Waals surface area contributed by atoms with Crippen molar-refractivity contribution >= 4 is 17.6 Å². The zero-order chi connectivity index (χ0) is 16.3. The molecule has 0 aliphatic heterocycles. The molecule has 1 amide bonds. The van der Waals surface area contributed by atoms with E-state index >= 15 is 0 Å². The van der Waals surface area contributed by atoms with Crippen molar-refractivity contribution in [1.82, 2.24) is 5.06 Å². The fourth-order valence-corrected chi connectivity index (χ4v) is 1.44. The quantitative estimate of drug-likeness (QED) is 0.402. The third-order valence-corrected chi connectivity index (χ3v) is 2.56. The van der Waals surface area contributed by atoms with Gasteiger partial charge in [-0.2, -0.15) is 5.06 Å². The number of halogens is 4. The molecular formula is C12H12F4N2O3. The monoisotopic (exact) mass is 308 g/mol. The van der Waals surface area contributed by atoms with Crippen molar-refractivity contribution in [3.63, 3.8) is 0 Å². The van der Waals surface area contributed by atoms with E-state index in [0.29, 0.717) is 5.06 Å². The van der Waals surface area contributed by atoms with Crippen LogP contribution in [0.4, 0.5) is 23.2 Å². The molecule has 0 saturated heterocycles. The lowest BCUT2D eigenvalue weighted by Crippen LogP contribution is -2.33. The highest BCUT2D eigenvalue weighted by molar-refractivity contribution is 5.91. The van der Waals surface area contributed by atoms with Gasteiger partial charge in [-0.1, -0.05) is 6.92 Å². The van der Waals surface area contributed by atoms with Crippen LogP contribution in [0.5, 0.6) is 0 Å². The van der Waals surface area contributed by atoms with Crippen molar-refractivity contribution in [1.29, 1.82) is 0 Å². The number of nitrogens with zero attached hydrogens (tertiary/aromatic N) is 1. The highest BCUT2D eigenvalue weighted by atomic mass is 19.2. The third kappa shape index (κ3) is 3.06. The van der Waals surface area contributed by atoms with E-state index in [1.54, 1.807) is 0 Å². The molecule has 0 fully saturated rings. The second kappa shape index (κ2) is 6.42. The lowest BCUT2D eigenvalue weighted by molar-refractivity contribution is -0.166. The minimum atomic E-state index is -1.99. The molecule has 0 radical (unpaired) electrons. The molecule has 0 saturated carbocycles. The number of hydrogen-bond donors (Lipinski definition) is 1. The van der Waals surface area contributed by atoms with Gasteiger partial charge in [-0.05, 0) is 6.92 Å². The van der Waals surface area contributed by atoms with Gasteiger partial charge in [0.25, 0.3) is 5.91 Å². The van der Waals surface area contributed by atoms with Crippen LogP contribution in [0, 0.1) is 23.3 Å². The maximum Gasteiger partial charge on any atom is 0.369 e. The predicted octanol–water partition coefficient (Wildman–Crippen LogP) is 2.16. The van der Waals surface area contributed by atoms with Crippen LogP contribution in [-0.2, 0) is 9.63 Å². The minimum absolute atomic E-state index is 0.0451. The number of nitrogens with two attached hydrogens (primary N) is 1. The Kier molecular flexibility index (Phi) is 5.12. The molecule has 0 bridgehead atoms. The number of hydrogen-bond acceptors (Lipinski definition) is 4. The first kappa shape index (κ1) is 16.7. The maximum absolute atomic E-state index is 13.5. The topological polar surface area (TPSA) is 72.6 Å². The van der Waals surface area contributed by atoms with Crippen LogP contribution in [0.2, 0.25) is 0 Å². The summed E-state index contributed by atoms with van der Waals surface area (Å²) in [5, 5.41) is 0.521. The highest BCUT2D eigenvalue weighted by Gasteiger charge is 2.31. The van der Waals surface area contributed by atoms with Crippen molar-refractivity contribution in [3.8, 4) is 0 Å². The zero-order valence-electron chi connectivity index (χ0n) is 11.2. The second-order valence-corrected chi connectivity index (χ2v) is 3.87. The maximum atomic E-state index is 13.5. The van der Waals surface area contributed by atoms with Crippen molar-refractivity contribution in [3.05, 3.63) is 28.8 Å². The van der Waals surface area contributed by atoms with Crippen LogP contribution in [0.3, 0.4) is 0 Å². The van der Waals surface area contributed by atoms with Crippen LogP contribution >= 0.6 is 0 Å². The second-order valence-electron chi connectivity index (χ2n) is 3.87. The standard InChI is InChI=1S/C12H12F4N2O3/c1-3-5(19)18(4-2)21-12(20)6-7(13)9(15)11(17)10(16)8(6)14/h3-4,17H2,1-2H3. The van der Waals surface area contributed by atoms with E-state index in [4.69, 9.17) is 5.73 Å². The van der Waals surface area contributed by atoms with Crippen LogP contribution in [-0.4, -0.2) is 23.5 Å². The van der Waals surface area contributed by atoms with Gasteiger partial charge >= 0.3 is 5.97 Å². The van der Waals surface area contributed by atoms with Gasteiger partial charge < -0.3 is 10.6 Å². The van der Waals surface area contributed by atoms with Crippen molar-refractivity contribution < 1.29 is 32.0 Å². The molecular weight excluding hydrogens is 296 g/mol. The molecule has 21 heavy (non-hydrogen) atoms. The van der Waals surface area contributed by atoms with E-state index < -0.39 is 46.4 Å². The summed E-state index contributed by atoms with van der Waals surface area (Å²) in [6.07, 6.45) is -0.0451. The summed E-state index contributed by atoms with van der Waals surface area (Å²) in [6.45, 7) is 2.78. The molecule has 1 rings (SSSR count). The molecule has 1 aromatic carbocycles. The van der Waals surface area contributed by atoms with E-state index in [0.717, 1.165) is 0 Å². The lowest BCUT2D eigenvalue weighted by atomic mass is 10.1. The molecule has 0 aromatic heterocycles. The van der Waals surface area contributed by atoms with Gasteiger partial charge in [0, 0.05) is 6.42 Å². The molecule has 5 nitrogen and oxygen atoms in total. The average Bonchev–Trinajstić information content (AvgIpc) is 2.47. The molecule has 0 unspecified atom stereocenters. The van der Waals surface area contributed by atoms with Gasteiger partial charge in [0.1, 0.15) is 11.3 Å². The molecule has 9 heteroatoms. The fourth-order valence-electron chi connectivity index (χ4n) is 1.44. The first-order valence-corrected chi connectivity index (χ1v) is 5.90. The number of benzene rings is 1. The van der Waals surface area contributed by atoms with E-state index in [-0.39, 0.29) is 13.0 Å². The summed E-state index contributed by atoms with van der Waals surface area (Å²) in [5.74, 6) is -10.2. The number of hydroxylamine groups is 2. The number of anilines is 1. The summed E-state index contributed by atoms with van der Waals surface area (Å²) in [4.78, 5) is 27.4. The fraction of sp³-hybridized carbons (Fsp3) is 0.333. The lowest BCUT2D eigenvalue weighted by Gasteiger charge is -2.19. The summed E-state index contributed by atoms with van der Waals surface area (Å²) in [5.41, 5.74) is 1.82. The highest BCUT2D eigenvalue weighted by Crippen LogP contribution is 2.26. The van der Waals surface area contributed by atoms with Crippen LogP contribution in [0.25, 0.3) is 0 Å². The molecule has 0 atom stereocenters. The van der Waals surface area contributed by atoms with Crippen LogP contribution in [0.1, 0.15) is 30.6 Å². The first-order chi connectivity index (χ1) is 9.76. The molecule has 116 valence electrons. The van der Waals surface area contributed by atoms with Crippen molar-refractivity contribution in [2.24, 2.45) is 0 Å². The molecule has 0 spiro atoms. The third-order valence-electron chi connectivity index (χ3n) is 2.56. The van der Waals surface area contributed by atoms with Crippen LogP contribution < -0.4 is 5.73 Å².